The monoisotopic (exact) mass is 223 g/mol. The van der Waals surface area contributed by atoms with E-state index in [1.165, 1.54) is 0 Å². The van der Waals surface area contributed by atoms with E-state index in [1.807, 2.05) is 17.9 Å². The predicted octanol–water partition coefficient (Wildman–Crippen LogP) is 1.64. The van der Waals surface area contributed by atoms with Crippen molar-refractivity contribution in [2.24, 2.45) is 7.05 Å². The van der Waals surface area contributed by atoms with Crippen LogP contribution in [-0.2, 0) is 11.8 Å². The Labute approximate surface area is 97.0 Å². The number of aromatic nitrogens is 2. The lowest BCUT2D eigenvalue weighted by atomic mass is 9.85. The number of nitrogens with one attached hydrogen (secondary N) is 1. The van der Waals surface area contributed by atoms with E-state index in [0.717, 1.165) is 31.7 Å². The molecule has 0 spiro atoms. The molecular formula is C12H21N3O. The third-order valence-electron chi connectivity index (χ3n) is 3.59. The molecule has 4 nitrogen and oxygen atoms in total. The Kier molecular flexibility index (Phi) is 3.30. The first-order valence-electron chi connectivity index (χ1n) is 6.08. The highest BCUT2D eigenvalue weighted by molar-refractivity contribution is 5.13. The number of morpholine rings is 1. The van der Waals surface area contributed by atoms with Gasteiger partial charge in [0.05, 0.1) is 23.9 Å². The zero-order chi connectivity index (χ0) is 11.6. The topological polar surface area (TPSA) is 39.1 Å². The van der Waals surface area contributed by atoms with Gasteiger partial charge in [-0.05, 0) is 18.9 Å². The van der Waals surface area contributed by atoms with Crippen molar-refractivity contribution in [1.82, 2.24) is 15.1 Å². The van der Waals surface area contributed by atoms with E-state index >= 15 is 0 Å². The lowest BCUT2D eigenvalue weighted by Crippen LogP contribution is -2.51. The molecule has 2 heterocycles. The standard InChI is InChI=1S/C12H21N3O/c1-4-12(5-2)11(13-7-9-16-12)10-6-8-15(3)14-10/h6,8,11,13H,4-5,7,9H2,1-3H3. The molecule has 0 radical (unpaired) electrons. The second-order valence-electron chi connectivity index (χ2n) is 4.42. The van der Waals surface area contributed by atoms with Gasteiger partial charge in [0.25, 0.3) is 0 Å². The molecule has 16 heavy (non-hydrogen) atoms. The highest BCUT2D eigenvalue weighted by atomic mass is 16.5. The van der Waals surface area contributed by atoms with Crippen LogP contribution in [0, 0.1) is 0 Å². The van der Waals surface area contributed by atoms with Crippen LogP contribution >= 0.6 is 0 Å². The van der Waals surface area contributed by atoms with Gasteiger partial charge >= 0.3 is 0 Å². The molecule has 0 bridgehead atoms. The fourth-order valence-electron chi connectivity index (χ4n) is 2.55. The van der Waals surface area contributed by atoms with Gasteiger partial charge in [0.1, 0.15) is 0 Å². The zero-order valence-corrected chi connectivity index (χ0v) is 10.4. The lowest BCUT2D eigenvalue weighted by molar-refractivity contribution is -0.104. The quantitative estimate of drug-likeness (QED) is 0.846. The van der Waals surface area contributed by atoms with Crippen molar-refractivity contribution < 1.29 is 4.74 Å². The average molecular weight is 223 g/mol. The summed E-state index contributed by atoms with van der Waals surface area (Å²) in [5.74, 6) is 0. The number of hydrogen-bond donors (Lipinski definition) is 1. The van der Waals surface area contributed by atoms with Crippen molar-refractivity contribution in [2.75, 3.05) is 13.2 Å². The van der Waals surface area contributed by atoms with Gasteiger partial charge in [-0.1, -0.05) is 13.8 Å². The molecule has 1 aliphatic rings. The van der Waals surface area contributed by atoms with Crippen LogP contribution in [0.4, 0.5) is 0 Å². The minimum atomic E-state index is -0.0907. The van der Waals surface area contributed by atoms with Crippen LogP contribution in [0.25, 0.3) is 0 Å². The third kappa shape index (κ3) is 1.87. The van der Waals surface area contributed by atoms with E-state index in [4.69, 9.17) is 4.74 Å². The number of aryl methyl sites for hydroxylation is 1. The Hall–Kier alpha value is -0.870. The first-order chi connectivity index (χ1) is 7.72. The average Bonchev–Trinajstić information content (AvgIpc) is 2.75. The minimum Gasteiger partial charge on any atom is -0.372 e. The summed E-state index contributed by atoms with van der Waals surface area (Å²) in [6.45, 7) is 6.08. The highest BCUT2D eigenvalue weighted by Crippen LogP contribution is 2.36. The Morgan fingerprint density at radius 3 is 2.88 bits per heavy atom. The van der Waals surface area contributed by atoms with Crippen molar-refractivity contribution in [3.8, 4) is 0 Å². The molecule has 1 aromatic rings. The molecule has 2 rings (SSSR count). The maximum atomic E-state index is 6.03. The maximum Gasteiger partial charge on any atom is 0.0887 e. The smallest absolute Gasteiger partial charge is 0.0887 e. The predicted molar refractivity (Wildman–Crippen MR) is 63.2 cm³/mol. The van der Waals surface area contributed by atoms with E-state index in [-0.39, 0.29) is 11.6 Å². The Morgan fingerprint density at radius 2 is 2.31 bits per heavy atom. The number of nitrogens with zero attached hydrogens (tertiary/aromatic N) is 2. The molecule has 4 heteroatoms. The minimum absolute atomic E-state index is 0.0907. The molecule has 1 atom stereocenters. The fourth-order valence-corrected chi connectivity index (χ4v) is 2.55. The number of ether oxygens (including phenoxy) is 1. The van der Waals surface area contributed by atoms with E-state index in [0.29, 0.717) is 0 Å². The largest absolute Gasteiger partial charge is 0.372 e. The molecule has 90 valence electrons. The van der Waals surface area contributed by atoms with Gasteiger partial charge in [-0.25, -0.2) is 0 Å². The maximum absolute atomic E-state index is 6.03. The summed E-state index contributed by atoms with van der Waals surface area (Å²) in [5, 5.41) is 8.04. The van der Waals surface area contributed by atoms with Gasteiger partial charge in [0.2, 0.25) is 0 Å². The fraction of sp³-hybridized carbons (Fsp3) is 0.750. The number of rotatable bonds is 3. The van der Waals surface area contributed by atoms with Crippen molar-refractivity contribution in [2.45, 2.75) is 38.3 Å². The van der Waals surface area contributed by atoms with Crippen LogP contribution in [-0.4, -0.2) is 28.5 Å². The normalized spacial score (nSPS) is 24.6. The van der Waals surface area contributed by atoms with E-state index < -0.39 is 0 Å². The molecule has 0 saturated carbocycles. The Bertz CT molecular complexity index is 344. The van der Waals surface area contributed by atoms with Crippen LogP contribution in [0.2, 0.25) is 0 Å². The molecule has 0 aromatic carbocycles. The van der Waals surface area contributed by atoms with Crippen molar-refractivity contribution in [3.63, 3.8) is 0 Å². The molecule has 0 aliphatic carbocycles. The summed E-state index contributed by atoms with van der Waals surface area (Å²) in [6, 6.07) is 2.30. The summed E-state index contributed by atoms with van der Waals surface area (Å²) in [5.41, 5.74) is 0.998. The molecule has 1 saturated heterocycles. The van der Waals surface area contributed by atoms with Crippen LogP contribution in [0.15, 0.2) is 12.3 Å². The first kappa shape index (κ1) is 11.6. The van der Waals surface area contributed by atoms with Gasteiger partial charge < -0.3 is 10.1 Å². The van der Waals surface area contributed by atoms with Gasteiger partial charge in [-0.15, -0.1) is 0 Å². The lowest BCUT2D eigenvalue weighted by Gasteiger charge is -2.43. The molecule has 1 N–H and O–H groups in total. The zero-order valence-electron chi connectivity index (χ0n) is 10.4. The van der Waals surface area contributed by atoms with E-state index in [1.54, 1.807) is 0 Å². The molecular weight excluding hydrogens is 202 g/mol. The Balaban J connectivity index is 2.29. The van der Waals surface area contributed by atoms with E-state index in [2.05, 4.69) is 30.3 Å². The van der Waals surface area contributed by atoms with Crippen LogP contribution < -0.4 is 5.32 Å². The summed E-state index contributed by atoms with van der Waals surface area (Å²) in [7, 11) is 1.95. The summed E-state index contributed by atoms with van der Waals surface area (Å²) >= 11 is 0. The van der Waals surface area contributed by atoms with Gasteiger partial charge in [0, 0.05) is 19.8 Å². The number of hydrogen-bond acceptors (Lipinski definition) is 3. The highest BCUT2D eigenvalue weighted by Gasteiger charge is 2.41. The SMILES string of the molecule is CCC1(CC)OCCNC1c1ccn(C)n1. The summed E-state index contributed by atoms with van der Waals surface area (Å²) in [4.78, 5) is 0. The van der Waals surface area contributed by atoms with Crippen LogP contribution in [0.1, 0.15) is 38.4 Å². The van der Waals surface area contributed by atoms with Gasteiger partial charge in [-0.3, -0.25) is 4.68 Å². The molecule has 0 amide bonds. The Morgan fingerprint density at radius 1 is 1.56 bits per heavy atom. The third-order valence-corrected chi connectivity index (χ3v) is 3.59. The molecule has 1 fully saturated rings. The second-order valence-corrected chi connectivity index (χ2v) is 4.42. The van der Waals surface area contributed by atoms with Gasteiger partial charge in [-0.2, -0.15) is 5.10 Å². The molecule has 1 unspecified atom stereocenters. The second kappa shape index (κ2) is 4.55. The van der Waals surface area contributed by atoms with Crippen LogP contribution in [0.3, 0.4) is 0 Å². The molecule has 1 aliphatic heterocycles. The van der Waals surface area contributed by atoms with Crippen LogP contribution in [0.5, 0.6) is 0 Å². The summed E-state index contributed by atoms with van der Waals surface area (Å²) < 4.78 is 7.88. The van der Waals surface area contributed by atoms with Crippen molar-refractivity contribution >= 4 is 0 Å². The molecule has 1 aromatic heterocycles. The first-order valence-corrected chi connectivity index (χ1v) is 6.08. The van der Waals surface area contributed by atoms with Gasteiger partial charge in [0.15, 0.2) is 0 Å². The van der Waals surface area contributed by atoms with E-state index in [9.17, 15) is 0 Å². The van der Waals surface area contributed by atoms with Crippen molar-refractivity contribution in [1.29, 1.82) is 0 Å². The summed E-state index contributed by atoms with van der Waals surface area (Å²) in [6.07, 6.45) is 4.01. The van der Waals surface area contributed by atoms with Crippen molar-refractivity contribution in [3.05, 3.63) is 18.0 Å².